The fourth-order valence-corrected chi connectivity index (χ4v) is 7.06. The van der Waals surface area contributed by atoms with E-state index in [1.54, 1.807) is 0 Å². The van der Waals surface area contributed by atoms with Gasteiger partial charge in [0.15, 0.2) is 0 Å². The Morgan fingerprint density at radius 2 is 1.90 bits per heavy atom. The van der Waals surface area contributed by atoms with Crippen molar-refractivity contribution >= 4 is 5.78 Å². The van der Waals surface area contributed by atoms with Gasteiger partial charge in [0.25, 0.3) is 0 Å². The molecule has 0 heterocycles. The van der Waals surface area contributed by atoms with Crippen LogP contribution in [0, 0.1) is 34.5 Å². The van der Waals surface area contributed by atoms with Crippen LogP contribution in [0.1, 0.15) is 71.6 Å². The van der Waals surface area contributed by atoms with E-state index in [2.05, 4.69) is 13.8 Å². The zero-order valence-electron chi connectivity index (χ0n) is 13.6. The van der Waals surface area contributed by atoms with Crippen LogP contribution in [0.3, 0.4) is 0 Å². The molecule has 0 unspecified atom stereocenters. The number of hydrogen-bond acceptors (Lipinski definition) is 2. The van der Waals surface area contributed by atoms with Crippen molar-refractivity contribution in [1.82, 2.24) is 0 Å². The maximum Gasteiger partial charge on any atom is 0.137 e. The topological polar surface area (TPSA) is 37.3 Å². The van der Waals surface area contributed by atoms with Gasteiger partial charge in [0.05, 0.1) is 6.10 Å². The number of rotatable bonds is 0. The molecule has 0 aromatic rings. The molecule has 0 bridgehead atoms. The number of fused-ring (bicyclic) bond motifs is 5. The second-order valence-corrected chi connectivity index (χ2v) is 9.15. The molecule has 0 aliphatic heterocycles. The summed E-state index contributed by atoms with van der Waals surface area (Å²) in [6, 6.07) is 0. The fraction of sp³-hybridized carbons (Fsp3) is 0.947. The summed E-state index contributed by atoms with van der Waals surface area (Å²) in [5.74, 6) is 2.90. The van der Waals surface area contributed by atoms with E-state index in [9.17, 15) is 9.90 Å². The van der Waals surface area contributed by atoms with Crippen LogP contribution in [0.5, 0.6) is 0 Å². The van der Waals surface area contributed by atoms with Gasteiger partial charge in [0, 0.05) is 12.3 Å². The predicted molar refractivity (Wildman–Crippen MR) is 82.7 cm³/mol. The van der Waals surface area contributed by atoms with Gasteiger partial charge in [0.1, 0.15) is 5.78 Å². The Morgan fingerprint density at radius 1 is 1.10 bits per heavy atom. The maximum atomic E-state index is 13.1. The Morgan fingerprint density at radius 3 is 2.71 bits per heavy atom. The third-order valence-corrected chi connectivity index (χ3v) is 8.09. The molecule has 0 aromatic heterocycles. The molecule has 4 rings (SSSR count). The summed E-state index contributed by atoms with van der Waals surface area (Å²) >= 11 is 0. The standard InChI is InChI=1S/C19H30O2/c1-18-8-3-4-15(18)14-6-5-12-10-13(20)7-9-19(12,2)17(14)16(21)11-18/h12-15,17,20H,3-11H2,1-2H3/t12-,13+,14-,15+,17+,18+,19-/m0/s1. The largest absolute Gasteiger partial charge is 0.393 e. The van der Waals surface area contributed by atoms with Gasteiger partial charge in [-0.15, -0.1) is 0 Å². The summed E-state index contributed by atoms with van der Waals surface area (Å²) in [5, 5.41) is 10.0. The van der Waals surface area contributed by atoms with Crippen molar-refractivity contribution in [2.24, 2.45) is 34.5 Å². The molecule has 4 fully saturated rings. The summed E-state index contributed by atoms with van der Waals surface area (Å²) in [5.41, 5.74) is 0.499. The van der Waals surface area contributed by atoms with E-state index in [-0.39, 0.29) is 11.5 Å². The molecule has 0 saturated heterocycles. The van der Waals surface area contributed by atoms with Crippen molar-refractivity contribution < 1.29 is 9.90 Å². The van der Waals surface area contributed by atoms with Crippen LogP contribution < -0.4 is 0 Å². The van der Waals surface area contributed by atoms with Gasteiger partial charge in [-0.25, -0.2) is 0 Å². The quantitative estimate of drug-likeness (QED) is 0.733. The van der Waals surface area contributed by atoms with Crippen LogP contribution in [-0.2, 0) is 4.79 Å². The summed E-state index contributed by atoms with van der Waals surface area (Å²) in [6.07, 6.45) is 10.1. The molecule has 4 aliphatic carbocycles. The third-order valence-electron chi connectivity index (χ3n) is 8.09. The van der Waals surface area contributed by atoms with Crippen LogP contribution in [0.25, 0.3) is 0 Å². The summed E-state index contributed by atoms with van der Waals surface area (Å²) in [6.45, 7) is 4.77. The van der Waals surface area contributed by atoms with E-state index >= 15 is 0 Å². The fourth-order valence-electron chi connectivity index (χ4n) is 7.06. The zero-order chi connectivity index (χ0) is 14.8. The lowest BCUT2D eigenvalue weighted by Gasteiger charge is -2.59. The molecule has 118 valence electrons. The number of carbonyl (C=O) groups is 1. The zero-order valence-corrected chi connectivity index (χ0v) is 13.6. The van der Waals surface area contributed by atoms with Gasteiger partial charge in [-0.1, -0.05) is 20.3 Å². The molecule has 1 N–H and O–H groups in total. The Kier molecular flexibility index (Phi) is 3.10. The minimum absolute atomic E-state index is 0.116. The average Bonchev–Trinajstić information content (AvgIpc) is 2.80. The monoisotopic (exact) mass is 290 g/mol. The Bertz CT molecular complexity index is 458. The van der Waals surface area contributed by atoms with Crippen molar-refractivity contribution in [3.63, 3.8) is 0 Å². The summed E-state index contributed by atoms with van der Waals surface area (Å²) < 4.78 is 0. The highest BCUT2D eigenvalue weighted by Gasteiger charge is 2.60. The van der Waals surface area contributed by atoms with Gasteiger partial charge in [-0.2, -0.15) is 0 Å². The van der Waals surface area contributed by atoms with Crippen molar-refractivity contribution in [3.05, 3.63) is 0 Å². The first kappa shape index (κ1) is 14.2. The van der Waals surface area contributed by atoms with E-state index in [4.69, 9.17) is 0 Å². The van der Waals surface area contributed by atoms with E-state index in [0.717, 1.165) is 31.6 Å². The molecule has 4 saturated carbocycles. The number of aliphatic hydroxyl groups excluding tert-OH is 1. The smallest absolute Gasteiger partial charge is 0.137 e. The van der Waals surface area contributed by atoms with E-state index in [0.29, 0.717) is 29.0 Å². The number of Topliss-reactive ketones (excluding diaryl/α,β-unsaturated/α-hetero) is 1. The first-order valence-corrected chi connectivity index (χ1v) is 9.15. The van der Waals surface area contributed by atoms with Crippen LogP contribution >= 0.6 is 0 Å². The van der Waals surface area contributed by atoms with Crippen LogP contribution in [0.15, 0.2) is 0 Å². The number of hydrogen-bond donors (Lipinski definition) is 1. The van der Waals surface area contributed by atoms with Crippen molar-refractivity contribution in [1.29, 1.82) is 0 Å². The summed E-state index contributed by atoms with van der Waals surface area (Å²) in [4.78, 5) is 13.1. The Labute approximate surface area is 128 Å². The third kappa shape index (κ3) is 1.90. The Balaban J connectivity index is 1.69. The molecule has 2 nitrogen and oxygen atoms in total. The van der Waals surface area contributed by atoms with E-state index in [1.165, 1.54) is 32.1 Å². The Hall–Kier alpha value is -0.370. The van der Waals surface area contributed by atoms with Crippen molar-refractivity contribution in [2.45, 2.75) is 77.7 Å². The average molecular weight is 290 g/mol. The van der Waals surface area contributed by atoms with Gasteiger partial charge in [0.2, 0.25) is 0 Å². The molecular formula is C19H30O2. The van der Waals surface area contributed by atoms with Gasteiger partial charge >= 0.3 is 0 Å². The van der Waals surface area contributed by atoms with Gasteiger partial charge in [-0.3, -0.25) is 4.79 Å². The maximum absolute atomic E-state index is 13.1. The lowest BCUT2D eigenvalue weighted by Crippen LogP contribution is -2.56. The van der Waals surface area contributed by atoms with Gasteiger partial charge < -0.3 is 5.11 Å². The molecule has 2 heteroatoms. The van der Waals surface area contributed by atoms with E-state index in [1.807, 2.05) is 0 Å². The molecule has 4 aliphatic rings. The molecule has 0 radical (unpaired) electrons. The first-order chi connectivity index (χ1) is 9.94. The lowest BCUT2D eigenvalue weighted by atomic mass is 9.45. The van der Waals surface area contributed by atoms with Crippen LogP contribution in [-0.4, -0.2) is 17.0 Å². The van der Waals surface area contributed by atoms with Crippen molar-refractivity contribution in [3.8, 4) is 0 Å². The second kappa shape index (κ2) is 4.57. The van der Waals surface area contributed by atoms with Gasteiger partial charge in [-0.05, 0) is 73.5 Å². The second-order valence-electron chi connectivity index (χ2n) is 9.15. The highest BCUT2D eigenvalue weighted by Crippen LogP contribution is 2.65. The molecule has 21 heavy (non-hydrogen) atoms. The van der Waals surface area contributed by atoms with Crippen molar-refractivity contribution in [2.75, 3.05) is 0 Å². The molecule has 0 spiro atoms. The first-order valence-electron chi connectivity index (χ1n) is 9.15. The number of aliphatic hydroxyl groups is 1. The molecule has 0 aromatic carbocycles. The normalized spacial score (nSPS) is 56.5. The number of ketones is 1. The highest BCUT2D eigenvalue weighted by molar-refractivity contribution is 5.84. The van der Waals surface area contributed by atoms with Crippen LogP contribution in [0.2, 0.25) is 0 Å². The molecular weight excluding hydrogens is 260 g/mol. The highest BCUT2D eigenvalue weighted by atomic mass is 16.3. The lowest BCUT2D eigenvalue weighted by molar-refractivity contribution is -0.159. The number of carbonyl (C=O) groups excluding carboxylic acids is 1. The van der Waals surface area contributed by atoms with Crippen LogP contribution in [0.4, 0.5) is 0 Å². The van der Waals surface area contributed by atoms with E-state index < -0.39 is 0 Å². The summed E-state index contributed by atoms with van der Waals surface area (Å²) in [7, 11) is 0. The minimum atomic E-state index is -0.116. The SMILES string of the molecule is C[C@]12CCC[C@@H]1[C@@H]1CC[C@H]3C[C@H](O)CC[C@]3(C)[C@H]1C(=O)C2. The molecule has 0 amide bonds. The molecule has 7 atom stereocenters. The predicted octanol–water partition coefficient (Wildman–Crippen LogP) is 3.96. The minimum Gasteiger partial charge on any atom is -0.393 e.